The highest BCUT2D eigenvalue weighted by Gasteiger charge is 2.44. The minimum atomic E-state index is -0.593. The highest BCUT2D eigenvalue weighted by atomic mass is 16.3. The van der Waals surface area contributed by atoms with Crippen LogP contribution < -0.4 is 0 Å². The maximum absolute atomic E-state index is 13.6. The van der Waals surface area contributed by atoms with E-state index in [1.807, 2.05) is 71.6 Å². The fourth-order valence-electron chi connectivity index (χ4n) is 4.97. The van der Waals surface area contributed by atoms with Crippen LogP contribution in [0.1, 0.15) is 42.6 Å². The van der Waals surface area contributed by atoms with Crippen LogP contribution in [-0.4, -0.2) is 44.4 Å². The quantitative estimate of drug-likeness (QED) is 0.712. The number of hydrogen-bond acceptors (Lipinski definition) is 3. The average molecular weight is 402 g/mol. The monoisotopic (exact) mass is 401 g/mol. The fourth-order valence-corrected chi connectivity index (χ4v) is 4.97. The van der Waals surface area contributed by atoms with Gasteiger partial charge in [0.15, 0.2) is 0 Å². The van der Waals surface area contributed by atoms with Gasteiger partial charge in [0, 0.05) is 24.6 Å². The number of aliphatic hydroxyl groups is 1. The van der Waals surface area contributed by atoms with Crippen molar-refractivity contribution >= 4 is 5.91 Å². The molecule has 0 spiro atoms. The summed E-state index contributed by atoms with van der Waals surface area (Å²) in [6.07, 6.45) is 4.74. The molecule has 1 saturated heterocycles. The number of aromatic nitrogens is 2. The molecular weight excluding hydrogens is 374 g/mol. The lowest BCUT2D eigenvalue weighted by Gasteiger charge is -2.47. The number of amides is 1. The molecule has 30 heavy (non-hydrogen) atoms. The van der Waals surface area contributed by atoms with Crippen LogP contribution in [0.15, 0.2) is 66.7 Å². The van der Waals surface area contributed by atoms with Gasteiger partial charge in [-0.05, 0) is 37.5 Å². The van der Waals surface area contributed by atoms with Crippen LogP contribution in [0.2, 0.25) is 0 Å². The number of likely N-dealkylation sites (tertiary alicyclic amines) is 1. The lowest BCUT2D eigenvalue weighted by Crippen LogP contribution is -2.54. The summed E-state index contributed by atoms with van der Waals surface area (Å²) in [5, 5.41) is 15.8. The van der Waals surface area contributed by atoms with E-state index in [1.54, 1.807) is 4.68 Å². The van der Waals surface area contributed by atoms with Crippen molar-refractivity contribution in [3.8, 4) is 16.9 Å². The number of para-hydroxylation sites is 1. The molecule has 2 aromatic carbocycles. The molecule has 0 radical (unpaired) electrons. The van der Waals surface area contributed by atoms with E-state index in [2.05, 4.69) is 0 Å². The number of nitrogens with zero attached hydrogens (tertiary/aromatic N) is 3. The van der Waals surface area contributed by atoms with Crippen molar-refractivity contribution in [3.05, 3.63) is 72.4 Å². The molecule has 2 fully saturated rings. The third kappa shape index (κ3) is 3.43. The molecule has 1 saturated carbocycles. The summed E-state index contributed by atoms with van der Waals surface area (Å²) in [6.45, 7) is 1.21. The Balaban J connectivity index is 1.50. The third-order valence-electron chi connectivity index (χ3n) is 6.71. The number of benzene rings is 2. The van der Waals surface area contributed by atoms with Crippen molar-refractivity contribution in [1.82, 2.24) is 14.7 Å². The molecule has 1 amide bonds. The first-order valence-corrected chi connectivity index (χ1v) is 10.9. The van der Waals surface area contributed by atoms with Gasteiger partial charge in [0.1, 0.15) is 5.69 Å². The van der Waals surface area contributed by atoms with E-state index in [4.69, 9.17) is 5.10 Å². The lowest BCUT2D eigenvalue weighted by atomic mass is 9.71. The molecular formula is C25H27N3O2. The number of fused-ring (bicyclic) bond motifs is 1. The first-order valence-electron chi connectivity index (χ1n) is 10.9. The Morgan fingerprint density at radius 3 is 2.50 bits per heavy atom. The van der Waals surface area contributed by atoms with Crippen molar-refractivity contribution in [2.45, 2.75) is 37.7 Å². The molecule has 5 heteroatoms. The van der Waals surface area contributed by atoms with Crippen LogP contribution >= 0.6 is 0 Å². The van der Waals surface area contributed by atoms with Gasteiger partial charge >= 0.3 is 0 Å². The van der Waals surface area contributed by atoms with Crippen molar-refractivity contribution in [1.29, 1.82) is 0 Å². The molecule has 1 aliphatic carbocycles. The van der Waals surface area contributed by atoms with E-state index in [0.717, 1.165) is 42.6 Å². The maximum Gasteiger partial charge on any atom is 0.272 e. The van der Waals surface area contributed by atoms with Gasteiger partial charge in [0.05, 0.1) is 17.0 Å². The van der Waals surface area contributed by atoms with Crippen molar-refractivity contribution in [2.75, 3.05) is 13.1 Å². The summed E-state index contributed by atoms with van der Waals surface area (Å²) >= 11 is 0. The van der Waals surface area contributed by atoms with Crippen molar-refractivity contribution in [3.63, 3.8) is 0 Å². The lowest BCUT2D eigenvalue weighted by molar-refractivity contribution is -0.0887. The van der Waals surface area contributed by atoms with E-state index < -0.39 is 5.60 Å². The van der Waals surface area contributed by atoms with E-state index in [1.165, 1.54) is 0 Å². The van der Waals surface area contributed by atoms with Crippen LogP contribution in [-0.2, 0) is 0 Å². The van der Waals surface area contributed by atoms with Gasteiger partial charge in [-0.15, -0.1) is 0 Å². The van der Waals surface area contributed by atoms with E-state index in [-0.39, 0.29) is 11.8 Å². The van der Waals surface area contributed by atoms with Crippen LogP contribution in [0, 0.1) is 5.92 Å². The zero-order valence-electron chi connectivity index (χ0n) is 17.1. The summed E-state index contributed by atoms with van der Waals surface area (Å²) in [5.41, 5.74) is 2.62. The number of carbonyl (C=O) groups is 1. The Hall–Kier alpha value is -2.92. The van der Waals surface area contributed by atoms with Gasteiger partial charge in [-0.25, -0.2) is 4.68 Å². The average Bonchev–Trinajstić information content (AvgIpc) is 3.25. The van der Waals surface area contributed by atoms with Crippen molar-refractivity contribution < 1.29 is 9.90 Å². The summed E-state index contributed by atoms with van der Waals surface area (Å²) in [6, 6.07) is 21.6. The summed E-state index contributed by atoms with van der Waals surface area (Å²) in [5.74, 6) is 0.159. The first kappa shape index (κ1) is 19.1. The number of rotatable bonds is 3. The smallest absolute Gasteiger partial charge is 0.272 e. The molecule has 154 valence electrons. The van der Waals surface area contributed by atoms with Gasteiger partial charge in [0.25, 0.3) is 5.91 Å². The van der Waals surface area contributed by atoms with E-state index in [0.29, 0.717) is 25.2 Å². The molecule has 0 unspecified atom stereocenters. The van der Waals surface area contributed by atoms with Gasteiger partial charge in [-0.2, -0.15) is 5.10 Å². The number of piperidine rings is 1. The Labute approximate surface area is 177 Å². The minimum absolute atomic E-state index is 0.0128. The summed E-state index contributed by atoms with van der Waals surface area (Å²) in [4.78, 5) is 15.5. The molecule has 1 N–H and O–H groups in total. The normalized spacial score (nSPS) is 23.8. The molecule has 2 aliphatic rings. The molecule has 2 heterocycles. The van der Waals surface area contributed by atoms with Crippen LogP contribution in [0.25, 0.3) is 16.9 Å². The topological polar surface area (TPSA) is 58.4 Å². The molecule has 2 atom stereocenters. The SMILES string of the molecule is O=C(c1cc(-c2ccccc2)nn1-c1ccccc1)N1CC[C@@]2(O)CCCC[C@@H]2C1. The fraction of sp³-hybridized carbons (Fsp3) is 0.360. The molecule has 3 aromatic rings. The second-order valence-electron chi connectivity index (χ2n) is 8.58. The molecule has 1 aliphatic heterocycles. The number of hydrogen-bond donors (Lipinski definition) is 1. The Kier molecular flexibility index (Phi) is 4.91. The molecule has 5 rings (SSSR count). The minimum Gasteiger partial charge on any atom is -0.389 e. The van der Waals surface area contributed by atoms with E-state index >= 15 is 0 Å². The molecule has 0 bridgehead atoms. The number of carbonyl (C=O) groups excluding carboxylic acids is 1. The standard InChI is InChI=1S/C25H27N3O2/c29-24(27-16-15-25(30)14-8-7-11-20(25)18-27)23-17-22(19-9-3-1-4-10-19)26-28(23)21-12-5-2-6-13-21/h1-6,9-10,12-13,17,20,30H,7-8,11,14-16,18H2/t20-,25+/m1/s1. The largest absolute Gasteiger partial charge is 0.389 e. The Bertz CT molecular complexity index is 1030. The molecule has 1 aromatic heterocycles. The zero-order valence-corrected chi connectivity index (χ0v) is 17.1. The van der Waals surface area contributed by atoms with Crippen LogP contribution in [0.5, 0.6) is 0 Å². The Morgan fingerprint density at radius 1 is 1.00 bits per heavy atom. The van der Waals surface area contributed by atoms with Crippen molar-refractivity contribution in [2.24, 2.45) is 5.92 Å². The second-order valence-corrected chi connectivity index (χ2v) is 8.58. The van der Waals surface area contributed by atoms with Gasteiger partial charge in [-0.3, -0.25) is 4.79 Å². The maximum atomic E-state index is 13.6. The summed E-state index contributed by atoms with van der Waals surface area (Å²) < 4.78 is 1.76. The van der Waals surface area contributed by atoms with Gasteiger partial charge in [-0.1, -0.05) is 61.4 Å². The predicted molar refractivity (Wildman–Crippen MR) is 116 cm³/mol. The Morgan fingerprint density at radius 2 is 1.73 bits per heavy atom. The molecule has 5 nitrogen and oxygen atoms in total. The zero-order chi connectivity index (χ0) is 20.6. The van der Waals surface area contributed by atoms with Crippen LogP contribution in [0.4, 0.5) is 0 Å². The first-order chi connectivity index (χ1) is 14.6. The highest BCUT2D eigenvalue weighted by Crippen LogP contribution is 2.40. The van der Waals surface area contributed by atoms with Crippen LogP contribution in [0.3, 0.4) is 0 Å². The van der Waals surface area contributed by atoms with Gasteiger partial charge in [0.2, 0.25) is 0 Å². The van der Waals surface area contributed by atoms with Gasteiger partial charge < -0.3 is 10.0 Å². The third-order valence-corrected chi connectivity index (χ3v) is 6.71. The second kappa shape index (κ2) is 7.73. The predicted octanol–water partition coefficient (Wildman–Crippen LogP) is 4.31. The van der Waals surface area contributed by atoms with E-state index in [9.17, 15) is 9.90 Å². The highest BCUT2D eigenvalue weighted by molar-refractivity contribution is 5.94. The summed E-state index contributed by atoms with van der Waals surface area (Å²) in [7, 11) is 0.